The largest absolute Gasteiger partial charge is 0.491 e. The van der Waals surface area contributed by atoms with E-state index in [0.29, 0.717) is 28.7 Å². The van der Waals surface area contributed by atoms with Crippen LogP contribution in [-0.4, -0.2) is 36.7 Å². The third-order valence-electron chi connectivity index (χ3n) is 5.27. The third kappa shape index (κ3) is 3.39. The van der Waals surface area contributed by atoms with Gasteiger partial charge < -0.3 is 9.84 Å². The van der Waals surface area contributed by atoms with Crippen LogP contribution in [0.2, 0.25) is 0 Å². The molecule has 0 saturated heterocycles. The molecule has 1 aliphatic carbocycles. The Morgan fingerprint density at radius 1 is 1.20 bits per heavy atom. The van der Waals surface area contributed by atoms with Crippen molar-refractivity contribution < 1.29 is 14.2 Å². The Balaban J connectivity index is 1.69. The lowest BCUT2D eigenvalue weighted by Gasteiger charge is -2.18. The minimum Gasteiger partial charge on any atom is -0.491 e. The van der Waals surface area contributed by atoms with Crippen molar-refractivity contribution in [1.29, 1.82) is 0 Å². The molecule has 0 unspecified atom stereocenters. The number of halogens is 1. The number of aromatic nitrogens is 4. The highest BCUT2D eigenvalue weighted by molar-refractivity contribution is 5.80. The first-order valence-electron chi connectivity index (χ1n) is 10.1. The highest BCUT2D eigenvalue weighted by atomic mass is 19.1. The van der Waals surface area contributed by atoms with E-state index in [1.54, 1.807) is 32.2 Å². The number of hydrogen-bond donors (Lipinski definition) is 1. The van der Waals surface area contributed by atoms with Crippen molar-refractivity contribution in [3.8, 4) is 17.1 Å². The Kier molecular flexibility index (Phi) is 4.25. The molecule has 3 heterocycles. The molecular weight excluding hydrogens is 383 g/mol. The van der Waals surface area contributed by atoms with Crippen LogP contribution in [0.1, 0.15) is 44.0 Å². The summed E-state index contributed by atoms with van der Waals surface area (Å²) in [6.07, 6.45) is 3.99. The molecule has 0 amide bonds. The van der Waals surface area contributed by atoms with E-state index in [1.807, 2.05) is 23.5 Å². The SMILES string of the molecule is Cc1nc2ccc(C3CC3)nc2n2c(-c3cc(OCC(C)(C)O)ccc3F)ncc12. The molecule has 1 N–H and O–H groups in total. The second-order valence-corrected chi connectivity index (χ2v) is 8.60. The van der Waals surface area contributed by atoms with Crippen molar-refractivity contribution in [2.24, 2.45) is 0 Å². The van der Waals surface area contributed by atoms with Crippen LogP contribution in [0.15, 0.2) is 36.5 Å². The highest BCUT2D eigenvalue weighted by Gasteiger charge is 2.26. The van der Waals surface area contributed by atoms with Crippen LogP contribution in [0.4, 0.5) is 4.39 Å². The molecule has 7 heteroatoms. The average Bonchev–Trinajstić information content (AvgIpc) is 3.45. The number of aliphatic hydroxyl groups is 1. The van der Waals surface area contributed by atoms with Gasteiger partial charge in [0.05, 0.1) is 28.6 Å². The Morgan fingerprint density at radius 2 is 2.00 bits per heavy atom. The lowest BCUT2D eigenvalue weighted by Crippen LogP contribution is -2.27. The first-order chi connectivity index (χ1) is 14.3. The van der Waals surface area contributed by atoms with Crippen molar-refractivity contribution in [2.45, 2.75) is 45.1 Å². The third-order valence-corrected chi connectivity index (χ3v) is 5.27. The van der Waals surface area contributed by atoms with Crippen molar-refractivity contribution in [3.05, 3.63) is 53.7 Å². The van der Waals surface area contributed by atoms with Gasteiger partial charge in [0.25, 0.3) is 0 Å². The second kappa shape index (κ2) is 6.74. The van der Waals surface area contributed by atoms with Crippen LogP contribution < -0.4 is 4.74 Å². The molecule has 0 spiro atoms. The smallest absolute Gasteiger partial charge is 0.165 e. The maximum absolute atomic E-state index is 14.9. The number of fused-ring (bicyclic) bond motifs is 3. The average molecular weight is 406 g/mol. The molecule has 1 aromatic carbocycles. The maximum atomic E-state index is 14.9. The minimum atomic E-state index is -0.989. The molecule has 1 saturated carbocycles. The molecule has 0 radical (unpaired) electrons. The first-order valence-corrected chi connectivity index (χ1v) is 10.1. The van der Waals surface area contributed by atoms with Gasteiger partial charge in [-0.2, -0.15) is 0 Å². The summed E-state index contributed by atoms with van der Waals surface area (Å²) in [7, 11) is 0. The molecule has 3 aromatic heterocycles. The quantitative estimate of drug-likeness (QED) is 0.531. The summed E-state index contributed by atoms with van der Waals surface area (Å²) in [5.41, 5.74) is 3.38. The van der Waals surface area contributed by atoms with E-state index >= 15 is 0 Å². The molecular formula is C23H23FN4O2. The fraction of sp³-hybridized carbons (Fsp3) is 0.348. The molecule has 5 rings (SSSR count). The number of nitrogens with zero attached hydrogens (tertiary/aromatic N) is 4. The Bertz CT molecular complexity index is 1270. The van der Waals surface area contributed by atoms with Crippen LogP contribution in [-0.2, 0) is 0 Å². The van der Waals surface area contributed by atoms with Gasteiger partial charge in [-0.3, -0.25) is 4.40 Å². The lowest BCUT2D eigenvalue weighted by molar-refractivity contribution is 0.0285. The summed E-state index contributed by atoms with van der Waals surface area (Å²) in [4.78, 5) is 14.0. The molecule has 1 fully saturated rings. The van der Waals surface area contributed by atoms with Crippen LogP contribution >= 0.6 is 0 Å². The predicted octanol–water partition coefficient (Wildman–Crippen LogP) is 4.42. The van der Waals surface area contributed by atoms with Gasteiger partial charge in [-0.1, -0.05) is 0 Å². The zero-order valence-electron chi connectivity index (χ0n) is 17.2. The molecule has 0 aliphatic heterocycles. The van der Waals surface area contributed by atoms with Gasteiger partial charge in [0, 0.05) is 11.6 Å². The van der Waals surface area contributed by atoms with Crippen LogP contribution in [0.3, 0.4) is 0 Å². The van der Waals surface area contributed by atoms with Crippen LogP contribution in [0, 0.1) is 12.7 Å². The van der Waals surface area contributed by atoms with Gasteiger partial charge in [0.1, 0.15) is 29.5 Å². The minimum absolute atomic E-state index is 0.0959. The summed E-state index contributed by atoms with van der Waals surface area (Å²) in [6, 6.07) is 8.53. The van der Waals surface area contributed by atoms with Crippen molar-refractivity contribution in [3.63, 3.8) is 0 Å². The number of hydrogen-bond acceptors (Lipinski definition) is 5. The number of aryl methyl sites for hydroxylation is 1. The Labute approximate surface area is 173 Å². The second-order valence-electron chi connectivity index (χ2n) is 8.60. The van der Waals surface area contributed by atoms with E-state index in [-0.39, 0.29) is 6.61 Å². The van der Waals surface area contributed by atoms with Crippen molar-refractivity contribution in [2.75, 3.05) is 6.61 Å². The summed E-state index contributed by atoms with van der Waals surface area (Å²) in [5, 5.41) is 9.92. The molecule has 6 nitrogen and oxygen atoms in total. The monoisotopic (exact) mass is 406 g/mol. The predicted molar refractivity (Wildman–Crippen MR) is 112 cm³/mol. The summed E-state index contributed by atoms with van der Waals surface area (Å²) < 4.78 is 22.4. The molecule has 0 atom stereocenters. The van der Waals surface area contributed by atoms with E-state index in [2.05, 4.69) is 9.97 Å². The van der Waals surface area contributed by atoms with E-state index in [1.165, 1.54) is 6.07 Å². The fourth-order valence-electron chi connectivity index (χ4n) is 3.59. The number of pyridine rings is 1. The van der Waals surface area contributed by atoms with E-state index < -0.39 is 11.4 Å². The zero-order valence-corrected chi connectivity index (χ0v) is 17.2. The topological polar surface area (TPSA) is 72.5 Å². The van der Waals surface area contributed by atoms with E-state index in [0.717, 1.165) is 35.3 Å². The van der Waals surface area contributed by atoms with Gasteiger partial charge in [-0.25, -0.2) is 19.3 Å². The number of ether oxygens (including phenoxy) is 1. The molecule has 30 heavy (non-hydrogen) atoms. The fourth-order valence-corrected chi connectivity index (χ4v) is 3.59. The van der Waals surface area contributed by atoms with Crippen LogP contribution in [0.5, 0.6) is 5.75 Å². The van der Waals surface area contributed by atoms with Crippen LogP contribution in [0.25, 0.3) is 28.1 Å². The van der Waals surface area contributed by atoms with Gasteiger partial charge in [0.2, 0.25) is 0 Å². The Morgan fingerprint density at radius 3 is 2.73 bits per heavy atom. The lowest BCUT2D eigenvalue weighted by atomic mass is 10.1. The van der Waals surface area contributed by atoms with E-state index in [9.17, 15) is 9.50 Å². The van der Waals surface area contributed by atoms with Gasteiger partial charge in [-0.05, 0) is 63.9 Å². The zero-order chi connectivity index (χ0) is 21.0. The van der Waals surface area contributed by atoms with E-state index in [4.69, 9.17) is 9.72 Å². The summed E-state index contributed by atoms with van der Waals surface area (Å²) >= 11 is 0. The summed E-state index contributed by atoms with van der Waals surface area (Å²) in [6.45, 7) is 5.32. The molecule has 154 valence electrons. The summed E-state index contributed by atoms with van der Waals surface area (Å²) in [5.74, 6) is 1.01. The van der Waals surface area contributed by atoms with Crippen molar-refractivity contribution in [1.82, 2.24) is 19.4 Å². The van der Waals surface area contributed by atoms with Gasteiger partial charge >= 0.3 is 0 Å². The maximum Gasteiger partial charge on any atom is 0.165 e. The normalized spacial score (nSPS) is 14.6. The Hall–Kier alpha value is -3.06. The number of benzene rings is 1. The standard InChI is InChI=1S/C23H23FN4O2/c1-13-20-11-25-21(16-10-15(6-7-17(16)24)30-12-23(2,3)29)28(20)22-19(26-13)9-8-18(27-22)14-4-5-14/h6-11,14,29H,4-5,12H2,1-3H3. The highest BCUT2D eigenvalue weighted by Crippen LogP contribution is 2.39. The first kappa shape index (κ1) is 18.9. The molecule has 4 aromatic rings. The number of rotatable bonds is 5. The van der Waals surface area contributed by atoms with Gasteiger partial charge in [0.15, 0.2) is 5.65 Å². The molecule has 0 bridgehead atoms. The van der Waals surface area contributed by atoms with Gasteiger partial charge in [-0.15, -0.1) is 0 Å². The number of imidazole rings is 1. The van der Waals surface area contributed by atoms with Crippen molar-refractivity contribution >= 4 is 16.7 Å². The molecule has 1 aliphatic rings.